The van der Waals surface area contributed by atoms with E-state index in [0.29, 0.717) is 11.4 Å². The highest BCUT2D eigenvalue weighted by atomic mass is 32.2. The van der Waals surface area contributed by atoms with Crippen LogP contribution in [0.5, 0.6) is 5.75 Å². The summed E-state index contributed by atoms with van der Waals surface area (Å²) in [6.45, 7) is -0.136. The normalized spacial score (nSPS) is 15.1. The van der Waals surface area contributed by atoms with E-state index in [0.717, 1.165) is 36.5 Å². The molecule has 32 heavy (non-hydrogen) atoms. The third-order valence-electron chi connectivity index (χ3n) is 5.99. The van der Waals surface area contributed by atoms with E-state index in [9.17, 15) is 13.2 Å². The fourth-order valence-corrected chi connectivity index (χ4v) is 5.54. The van der Waals surface area contributed by atoms with Crippen molar-refractivity contribution in [3.63, 3.8) is 0 Å². The maximum Gasteiger partial charge on any atom is 0.262 e. The minimum absolute atomic E-state index is 0.0559. The van der Waals surface area contributed by atoms with Crippen molar-refractivity contribution >= 4 is 32.4 Å². The molecule has 1 N–H and O–H groups in total. The van der Waals surface area contributed by atoms with E-state index in [1.165, 1.54) is 22.9 Å². The van der Waals surface area contributed by atoms with Gasteiger partial charge in [-0.25, -0.2) is 8.42 Å². The van der Waals surface area contributed by atoms with E-state index in [1.54, 1.807) is 19.2 Å². The average Bonchev–Trinajstić information content (AvgIpc) is 2.83. The Balaban J connectivity index is 1.34. The first kappa shape index (κ1) is 22.3. The first-order valence-corrected chi connectivity index (χ1v) is 12.4. The van der Waals surface area contributed by atoms with Gasteiger partial charge in [-0.3, -0.25) is 4.79 Å². The molecule has 1 amide bonds. The van der Waals surface area contributed by atoms with E-state index in [2.05, 4.69) is 5.32 Å². The number of benzene rings is 3. The molecule has 1 aliphatic carbocycles. The average molecular weight is 453 g/mol. The molecule has 3 aromatic rings. The summed E-state index contributed by atoms with van der Waals surface area (Å²) in [5.74, 6) is 0.305. The van der Waals surface area contributed by atoms with Crippen LogP contribution in [-0.4, -0.2) is 38.3 Å². The zero-order chi connectivity index (χ0) is 22.6. The van der Waals surface area contributed by atoms with E-state index >= 15 is 0 Å². The van der Waals surface area contributed by atoms with Crippen molar-refractivity contribution < 1.29 is 17.9 Å². The Labute approximate surface area is 189 Å². The number of ether oxygens (including phenoxy) is 1. The fourth-order valence-electron chi connectivity index (χ4n) is 4.12. The first-order valence-electron chi connectivity index (χ1n) is 10.9. The Morgan fingerprint density at radius 2 is 1.66 bits per heavy atom. The van der Waals surface area contributed by atoms with Crippen LogP contribution in [0.25, 0.3) is 10.8 Å². The summed E-state index contributed by atoms with van der Waals surface area (Å²) < 4.78 is 33.0. The van der Waals surface area contributed by atoms with E-state index in [4.69, 9.17) is 4.74 Å². The number of fused-ring (bicyclic) bond motifs is 1. The third-order valence-corrected chi connectivity index (χ3v) is 7.92. The van der Waals surface area contributed by atoms with Crippen LogP contribution in [0, 0.1) is 0 Å². The molecule has 168 valence electrons. The SMILES string of the molecule is CN(C1CCCCC1)S(=O)(=O)c1ccc(NC(=O)COc2ccc3ccccc3c2)cc1. The second-order valence-electron chi connectivity index (χ2n) is 8.18. The Kier molecular flexibility index (Phi) is 6.77. The monoisotopic (exact) mass is 452 g/mol. The molecule has 4 rings (SSSR count). The van der Waals surface area contributed by atoms with Gasteiger partial charge in [-0.05, 0) is 60.0 Å². The standard InChI is InChI=1S/C25H28N2O4S/c1-27(22-9-3-2-4-10-22)32(29,30)24-15-12-21(13-16-24)26-25(28)18-31-23-14-11-19-7-5-6-8-20(19)17-23/h5-8,11-17,22H,2-4,9-10,18H2,1H3,(H,26,28). The Morgan fingerprint density at radius 3 is 2.38 bits per heavy atom. The van der Waals surface area contributed by atoms with E-state index in [1.807, 2.05) is 42.5 Å². The molecule has 1 fully saturated rings. The summed E-state index contributed by atoms with van der Waals surface area (Å²) in [6.07, 6.45) is 5.11. The number of nitrogens with one attached hydrogen (secondary N) is 1. The Bertz CT molecular complexity index is 1190. The molecule has 0 spiro atoms. The molecule has 0 heterocycles. The second-order valence-corrected chi connectivity index (χ2v) is 10.2. The summed E-state index contributed by atoms with van der Waals surface area (Å²) in [5.41, 5.74) is 0.524. The highest BCUT2D eigenvalue weighted by Gasteiger charge is 2.28. The summed E-state index contributed by atoms with van der Waals surface area (Å²) in [5, 5.41) is 4.90. The van der Waals surface area contributed by atoms with Gasteiger partial charge in [0, 0.05) is 18.8 Å². The lowest BCUT2D eigenvalue weighted by Crippen LogP contribution is -2.38. The van der Waals surface area contributed by atoms with Gasteiger partial charge in [0.1, 0.15) is 5.75 Å². The fraction of sp³-hybridized carbons (Fsp3) is 0.320. The summed E-state index contributed by atoms with van der Waals surface area (Å²) in [7, 11) is -1.89. The molecule has 0 unspecified atom stereocenters. The van der Waals surface area contributed by atoms with Crippen molar-refractivity contribution in [2.24, 2.45) is 0 Å². The van der Waals surface area contributed by atoms with Crippen LogP contribution >= 0.6 is 0 Å². The summed E-state index contributed by atoms with van der Waals surface area (Å²) in [6, 6.07) is 20.0. The van der Waals surface area contributed by atoms with Crippen molar-refractivity contribution in [2.75, 3.05) is 19.0 Å². The molecular weight excluding hydrogens is 424 g/mol. The maximum absolute atomic E-state index is 12.9. The molecule has 7 heteroatoms. The van der Waals surface area contributed by atoms with Crippen LogP contribution in [0.1, 0.15) is 32.1 Å². The molecule has 6 nitrogen and oxygen atoms in total. The van der Waals surface area contributed by atoms with Gasteiger partial charge in [0.25, 0.3) is 5.91 Å². The molecule has 0 saturated heterocycles. The molecule has 0 aromatic heterocycles. The lowest BCUT2D eigenvalue weighted by atomic mass is 9.96. The van der Waals surface area contributed by atoms with Gasteiger partial charge in [-0.2, -0.15) is 4.31 Å². The topological polar surface area (TPSA) is 75.7 Å². The van der Waals surface area contributed by atoms with Crippen LogP contribution in [-0.2, 0) is 14.8 Å². The molecule has 3 aromatic carbocycles. The number of nitrogens with zero attached hydrogens (tertiary/aromatic N) is 1. The number of hydrogen-bond acceptors (Lipinski definition) is 4. The van der Waals surface area contributed by atoms with Gasteiger partial charge < -0.3 is 10.1 Å². The first-order chi connectivity index (χ1) is 15.4. The smallest absolute Gasteiger partial charge is 0.262 e. The number of carbonyl (C=O) groups excluding carboxylic acids is 1. The lowest BCUT2D eigenvalue weighted by Gasteiger charge is -2.30. The van der Waals surface area contributed by atoms with Gasteiger partial charge in [0.2, 0.25) is 10.0 Å². The maximum atomic E-state index is 12.9. The number of anilines is 1. The van der Waals surface area contributed by atoms with Gasteiger partial charge in [-0.15, -0.1) is 0 Å². The Morgan fingerprint density at radius 1 is 0.969 bits per heavy atom. The highest BCUT2D eigenvalue weighted by molar-refractivity contribution is 7.89. The molecule has 0 bridgehead atoms. The molecular formula is C25H28N2O4S. The largest absolute Gasteiger partial charge is 0.484 e. The highest BCUT2D eigenvalue weighted by Crippen LogP contribution is 2.27. The molecule has 0 atom stereocenters. The second kappa shape index (κ2) is 9.71. The van der Waals surface area contributed by atoms with Crippen LogP contribution in [0.15, 0.2) is 71.6 Å². The number of carbonyl (C=O) groups is 1. The zero-order valence-electron chi connectivity index (χ0n) is 18.2. The van der Waals surface area contributed by atoms with Crippen molar-refractivity contribution in [2.45, 2.75) is 43.0 Å². The number of sulfonamides is 1. The molecule has 1 aliphatic rings. The lowest BCUT2D eigenvalue weighted by molar-refractivity contribution is -0.118. The van der Waals surface area contributed by atoms with Gasteiger partial charge >= 0.3 is 0 Å². The number of hydrogen-bond donors (Lipinski definition) is 1. The predicted molar refractivity (Wildman–Crippen MR) is 126 cm³/mol. The van der Waals surface area contributed by atoms with E-state index in [-0.39, 0.29) is 23.5 Å². The van der Waals surface area contributed by atoms with Crippen LogP contribution in [0.4, 0.5) is 5.69 Å². The van der Waals surface area contributed by atoms with Crippen LogP contribution in [0.2, 0.25) is 0 Å². The predicted octanol–water partition coefficient (Wildman–Crippen LogP) is 4.81. The van der Waals surface area contributed by atoms with Crippen molar-refractivity contribution in [3.05, 3.63) is 66.7 Å². The molecule has 1 saturated carbocycles. The minimum Gasteiger partial charge on any atom is -0.484 e. The van der Waals surface area contributed by atoms with Crippen molar-refractivity contribution in [3.8, 4) is 5.75 Å². The summed E-state index contributed by atoms with van der Waals surface area (Å²) in [4.78, 5) is 12.5. The molecule has 0 aliphatic heterocycles. The van der Waals surface area contributed by atoms with Gasteiger partial charge in [-0.1, -0.05) is 49.6 Å². The number of amides is 1. The van der Waals surface area contributed by atoms with Crippen LogP contribution < -0.4 is 10.1 Å². The Hall–Kier alpha value is -2.90. The van der Waals surface area contributed by atoms with Gasteiger partial charge in [0.05, 0.1) is 4.90 Å². The molecule has 0 radical (unpaired) electrons. The number of rotatable bonds is 7. The minimum atomic E-state index is -3.55. The van der Waals surface area contributed by atoms with Crippen LogP contribution in [0.3, 0.4) is 0 Å². The van der Waals surface area contributed by atoms with Crippen molar-refractivity contribution in [1.82, 2.24) is 4.31 Å². The van der Waals surface area contributed by atoms with Crippen molar-refractivity contribution in [1.29, 1.82) is 0 Å². The quantitative estimate of drug-likeness (QED) is 0.558. The van der Waals surface area contributed by atoms with E-state index < -0.39 is 10.0 Å². The van der Waals surface area contributed by atoms with Gasteiger partial charge in [0.15, 0.2) is 6.61 Å². The zero-order valence-corrected chi connectivity index (χ0v) is 19.0. The summed E-state index contributed by atoms with van der Waals surface area (Å²) >= 11 is 0. The third kappa shape index (κ3) is 5.11.